The molecule has 1 heterocycles. The number of hydrogen-bond donors (Lipinski definition) is 1. The number of nitrogens with zero attached hydrogens (tertiary/aromatic N) is 1. The molecule has 3 heteroatoms. The highest BCUT2D eigenvalue weighted by Gasteiger charge is 2.68. The summed E-state index contributed by atoms with van der Waals surface area (Å²) in [5.41, 5.74) is 4.04. The van der Waals surface area contributed by atoms with Crippen molar-refractivity contribution in [3.8, 4) is 0 Å². The van der Waals surface area contributed by atoms with Crippen LogP contribution in [0, 0.1) is 29.1 Å². The van der Waals surface area contributed by atoms with Crippen molar-refractivity contribution in [1.82, 2.24) is 10.2 Å². The molecule has 0 radical (unpaired) electrons. The third kappa shape index (κ3) is 2.57. The third-order valence-corrected chi connectivity index (χ3v) is 9.93. The Morgan fingerprint density at radius 2 is 1.90 bits per heavy atom. The van der Waals surface area contributed by atoms with Gasteiger partial charge in [-0.2, -0.15) is 0 Å². The molecule has 4 unspecified atom stereocenters. The van der Waals surface area contributed by atoms with Crippen molar-refractivity contribution < 1.29 is 7.65 Å². The quantitative estimate of drug-likeness (QED) is 0.707. The number of carbonyl (C=O) groups excluding carboxylic acids is 1. The van der Waals surface area contributed by atoms with Crippen molar-refractivity contribution in [2.45, 2.75) is 62.8 Å². The van der Waals surface area contributed by atoms with Gasteiger partial charge in [0.25, 0.3) is 0 Å². The number of carbonyl (C=O) groups is 1. The van der Waals surface area contributed by atoms with Gasteiger partial charge in [0.15, 0.2) is 0 Å². The topological polar surface area (TPSA) is 32.3 Å². The summed E-state index contributed by atoms with van der Waals surface area (Å²) < 4.78 is 0. The molecule has 5 aliphatic carbocycles. The van der Waals surface area contributed by atoms with Gasteiger partial charge in [-0.05, 0) is 104 Å². The van der Waals surface area contributed by atoms with Crippen LogP contribution in [0.4, 0.5) is 0 Å². The SMILES string of the molecule is O=C(N[C@H]1CCC2(CCN(CC3CC45CC4C=CC35)CC2)c2ccccc21)C1CC1.[HH].[HH]. The molecule has 2 spiro atoms. The van der Waals surface area contributed by atoms with Crippen molar-refractivity contribution in [3.63, 3.8) is 0 Å². The van der Waals surface area contributed by atoms with Crippen molar-refractivity contribution in [1.29, 1.82) is 0 Å². The maximum absolute atomic E-state index is 12.4. The zero-order valence-electron chi connectivity index (χ0n) is 18.0. The number of hydrogen-bond acceptors (Lipinski definition) is 2. The largest absolute Gasteiger partial charge is 0.349 e. The molecule has 0 bridgehead atoms. The Bertz CT molecular complexity index is 920. The van der Waals surface area contributed by atoms with Gasteiger partial charge in [-0.25, -0.2) is 0 Å². The lowest BCUT2D eigenvalue weighted by molar-refractivity contribution is -0.123. The minimum absolute atomic E-state index is 0. The van der Waals surface area contributed by atoms with Crippen molar-refractivity contribution in [2.75, 3.05) is 19.6 Å². The fraction of sp³-hybridized carbons (Fsp3) is 0.667. The number of fused-ring (bicyclic) bond motifs is 2. The fourth-order valence-corrected chi connectivity index (χ4v) is 7.86. The van der Waals surface area contributed by atoms with Gasteiger partial charge in [0.05, 0.1) is 6.04 Å². The summed E-state index contributed by atoms with van der Waals surface area (Å²) in [6, 6.07) is 9.25. The van der Waals surface area contributed by atoms with E-state index in [-0.39, 0.29) is 14.8 Å². The van der Waals surface area contributed by atoms with Gasteiger partial charge in [-0.15, -0.1) is 0 Å². The van der Waals surface area contributed by atoms with E-state index in [0.29, 0.717) is 11.3 Å². The van der Waals surface area contributed by atoms with E-state index in [2.05, 4.69) is 46.6 Å². The number of nitrogens with one attached hydrogen (secondary N) is 1. The van der Waals surface area contributed by atoms with E-state index in [1.165, 1.54) is 57.3 Å². The smallest absolute Gasteiger partial charge is 0.223 e. The zero-order chi connectivity index (χ0) is 19.9. The molecule has 30 heavy (non-hydrogen) atoms. The molecule has 3 nitrogen and oxygen atoms in total. The first-order valence-electron chi connectivity index (χ1n) is 12.5. The predicted octanol–water partition coefficient (Wildman–Crippen LogP) is 5.09. The minimum Gasteiger partial charge on any atom is -0.349 e. The number of piperidine rings is 1. The van der Waals surface area contributed by atoms with Crippen LogP contribution in [-0.2, 0) is 10.2 Å². The molecule has 1 amide bonds. The zero-order valence-corrected chi connectivity index (χ0v) is 18.0. The van der Waals surface area contributed by atoms with Crippen LogP contribution in [0.15, 0.2) is 36.4 Å². The molecule has 5 atom stereocenters. The lowest BCUT2D eigenvalue weighted by atomic mass is 9.61. The minimum atomic E-state index is 0. The summed E-state index contributed by atoms with van der Waals surface area (Å²) in [4.78, 5) is 15.2. The fourth-order valence-electron chi connectivity index (χ4n) is 7.86. The average molecular weight is 407 g/mol. The lowest BCUT2D eigenvalue weighted by Gasteiger charge is -2.50. The van der Waals surface area contributed by atoms with Gasteiger partial charge >= 0.3 is 0 Å². The van der Waals surface area contributed by atoms with Gasteiger partial charge in [-0.3, -0.25) is 4.79 Å². The Kier molecular flexibility index (Phi) is 3.73. The molecule has 7 rings (SSSR count). The highest BCUT2D eigenvalue weighted by atomic mass is 16.2. The second-order valence-corrected chi connectivity index (χ2v) is 11.5. The molecule has 1 aliphatic heterocycles. The summed E-state index contributed by atoms with van der Waals surface area (Å²) in [5.74, 6) is 3.36. The molecule has 0 aromatic heterocycles. The number of benzene rings is 1. The maximum atomic E-state index is 12.4. The first-order valence-corrected chi connectivity index (χ1v) is 12.5. The van der Waals surface area contributed by atoms with E-state index in [0.717, 1.165) is 42.4 Å². The van der Waals surface area contributed by atoms with Crippen LogP contribution in [0.2, 0.25) is 0 Å². The molecule has 1 aromatic carbocycles. The molecular formula is C27H38N2O. The van der Waals surface area contributed by atoms with Gasteiger partial charge < -0.3 is 10.2 Å². The van der Waals surface area contributed by atoms with E-state index in [1.807, 2.05) is 0 Å². The van der Waals surface area contributed by atoms with E-state index in [9.17, 15) is 4.79 Å². The lowest BCUT2D eigenvalue weighted by Crippen LogP contribution is -2.50. The molecular weight excluding hydrogens is 368 g/mol. The van der Waals surface area contributed by atoms with Gasteiger partial charge in [0.1, 0.15) is 0 Å². The van der Waals surface area contributed by atoms with Crippen molar-refractivity contribution >= 4 is 5.91 Å². The van der Waals surface area contributed by atoms with Crippen LogP contribution in [0.1, 0.15) is 71.4 Å². The molecule has 1 aromatic rings. The first kappa shape index (κ1) is 18.0. The van der Waals surface area contributed by atoms with Crippen molar-refractivity contribution in [3.05, 3.63) is 47.5 Å². The molecule has 4 fully saturated rings. The highest BCUT2D eigenvalue weighted by molar-refractivity contribution is 5.81. The number of likely N-dealkylation sites (tertiary alicyclic amines) is 1. The Labute approximate surface area is 183 Å². The standard InChI is InChI=1S/C27H34N2O.2H2/c30-25(18-5-6-18)28-24-9-10-26(23-4-2-1-3-21(23)24)11-13-29(14-12-26)17-19-15-27-16-20(27)7-8-22(19)27;;/h1-4,7-8,18-20,22,24H,5-6,9-17H2,(H,28,30);2*1H/t19?,20?,22?,24-,27?;;/m0../s1. The highest BCUT2D eigenvalue weighted by Crippen LogP contribution is 2.75. The number of amides is 1. The van der Waals surface area contributed by atoms with E-state index in [1.54, 1.807) is 5.56 Å². The Hall–Kier alpha value is -1.61. The van der Waals surface area contributed by atoms with E-state index in [4.69, 9.17) is 0 Å². The summed E-state index contributed by atoms with van der Waals surface area (Å²) in [6.45, 7) is 3.81. The Morgan fingerprint density at radius 3 is 2.67 bits per heavy atom. The predicted molar refractivity (Wildman–Crippen MR) is 122 cm³/mol. The summed E-state index contributed by atoms with van der Waals surface area (Å²) in [7, 11) is 0. The average Bonchev–Trinajstić information content (AvgIpc) is 3.67. The van der Waals surface area contributed by atoms with Crippen LogP contribution in [0.3, 0.4) is 0 Å². The second kappa shape index (κ2) is 6.22. The Morgan fingerprint density at radius 1 is 1.07 bits per heavy atom. The Balaban J connectivity index is 0.00000108. The number of allylic oxidation sites excluding steroid dienone is 2. The monoisotopic (exact) mass is 406 g/mol. The van der Waals surface area contributed by atoms with Crippen LogP contribution >= 0.6 is 0 Å². The van der Waals surface area contributed by atoms with Crippen LogP contribution in [0.5, 0.6) is 0 Å². The first-order chi connectivity index (χ1) is 14.7. The summed E-state index contributed by atoms with van der Waals surface area (Å²) in [5, 5.41) is 3.38. The number of rotatable bonds is 4. The van der Waals surface area contributed by atoms with Crippen LogP contribution in [-0.4, -0.2) is 30.4 Å². The van der Waals surface area contributed by atoms with Gasteiger partial charge in [-0.1, -0.05) is 36.4 Å². The normalized spacial score (nSPS) is 40.3. The molecule has 1 saturated heterocycles. The maximum Gasteiger partial charge on any atom is 0.223 e. The van der Waals surface area contributed by atoms with Crippen LogP contribution in [0.25, 0.3) is 0 Å². The summed E-state index contributed by atoms with van der Waals surface area (Å²) >= 11 is 0. The van der Waals surface area contributed by atoms with Gasteiger partial charge in [0.2, 0.25) is 5.91 Å². The van der Waals surface area contributed by atoms with Gasteiger partial charge in [0, 0.05) is 15.3 Å². The van der Waals surface area contributed by atoms with E-state index < -0.39 is 0 Å². The molecule has 3 saturated carbocycles. The summed E-state index contributed by atoms with van der Waals surface area (Å²) in [6.07, 6.45) is 15.1. The second-order valence-electron chi connectivity index (χ2n) is 11.5. The van der Waals surface area contributed by atoms with E-state index >= 15 is 0 Å². The molecule has 1 N–H and O–H groups in total. The van der Waals surface area contributed by atoms with Crippen LogP contribution < -0.4 is 5.32 Å². The molecule has 6 aliphatic rings. The molecule has 162 valence electrons. The third-order valence-electron chi connectivity index (χ3n) is 9.93. The van der Waals surface area contributed by atoms with Crippen molar-refractivity contribution in [2.24, 2.45) is 29.1 Å².